The number of carbonyl (C=O) groups excluding carboxylic acids is 1. The predicted octanol–water partition coefficient (Wildman–Crippen LogP) is 0.562. The Bertz CT molecular complexity index is 516. The standard InChI is InChI=1S/C11H15FN2O4S/c1-2-18-14-11(15)7-8-13-19(16,17)10-5-3-9(12)4-6-10/h3-6,13H,2,7-8H2,1H3,(H,14,15). The minimum absolute atomic E-state index is 0.0551. The topological polar surface area (TPSA) is 84.5 Å². The van der Waals surface area contributed by atoms with Crippen molar-refractivity contribution in [1.29, 1.82) is 0 Å². The lowest BCUT2D eigenvalue weighted by molar-refractivity contribution is -0.132. The van der Waals surface area contributed by atoms with Gasteiger partial charge in [0.25, 0.3) is 0 Å². The fraction of sp³-hybridized carbons (Fsp3) is 0.364. The molecule has 0 bridgehead atoms. The molecular weight excluding hydrogens is 275 g/mol. The Labute approximate surface area is 111 Å². The van der Waals surface area contributed by atoms with Gasteiger partial charge in [0.05, 0.1) is 11.5 Å². The van der Waals surface area contributed by atoms with Gasteiger partial charge in [-0.1, -0.05) is 0 Å². The first-order chi connectivity index (χ1) is 8.95. The smallest absolute Gasteiger partial charge is 0.244 e. The van der Waals surface area contributed by atoms with Gasteiger partial charge in [-0.3, -0.25) is 9.63 Å². The summed E-state index contributed by atoms with van der Waals surface area (Å²) in [7, 11) is -3.73. The highest BCUT2D eigenvalue weighted by atomic mass is 32.2. The number of hydrogen-bond acceptors (Lipinski definition) is 4. The molecule has 0 aromatic heterocycles. The molecule has 6 nitrogen and oxygen atoms in total. The van der Waals surface area contributed by atoms with Crippen LogP contribution < -0.4 is 10.2 Å². The second-order valence-corrected chi connectivity index (χ2v) is 5.33. The molecule has 1 aromatic carbocycles. The van der Waals surface area contributed by atoms with Crippen LogP contribution in [0.3, 0.4) is 0 Å². The summed E-state index contributed by atoms with van der Waals surface area (Å²) in [6.45, 7) is 1.96. The minimum atomic E-state index is -3.73. The summed E-state index contributed by atoms with van der Waals surface area (Å²) in [4.78, 5) is 15.7. The zero-order valence-corrected chi connectivity index (χ0v) is 11.2. The lowest BCUT2D eigenvalue weighted by atomic mass is 10.4. The molecule has 0 heterocycles. The average molecular weight is 290 g/mol. The summed E-state index contributed by atoms with van der Waals surface area (Å²) in [5.41, 5.74) is 2.14. The van der Waals surface area contributed by atoms with Crippen molar-refractivity contribution < 1.29 is 22.4 Å². The molecule has 1 amide bonds. The predicted molar refractivity (Wildman–Crippen MR) is 66.0 cm³/mol. The molecule has 0 unspecified atom stereocenters. The summed E-state index contributed by atoms with van der Waals surface area (Å²) in [6, 6.07) is 4.41. The Morgan fingerprint density at radius 1 is 1.32 bits per heavy atom. The van der Waals surface area contributed by atoms with Gasteiger partial charge in [0, 0.05) is 13.0 Å². The molecular formula is C11H15FN2O4S. The lowest BCUT2D eigenvalue weighted by Crippen LogP contribution is -2.30. The van der Waals surface area contributed by atoms with Crippen molar-refractivity contribution in [2.75, 3.05) is 13.2 Å². The monoisotopic (exact) mass is 290 g/mol. The molecule has 8 heteroatoms. The Morgan fingerprint density at radius 3 is 2.53 bits per heavy atom. The third-order valence-electron chi connectivity index (χ3n) is 2.10. The number of benzene rings is 1. The van der Waals surface area contributed by atoms with Gasteiger partial charge in [-0.15, -0.1) is 0 Å². The Balaban J connectivity index is 2.47. The molecule has 0 spiro atoms. The summed E-state index contributed by atoms with van der Waals surface area (Å²) in [5, 5.41) is 0. The van der Waals surface area contributed by atoms with E-state index in [1.54, 1.807) is 6.92 Å². The normalized spacial score (nSPS) is 11.3. The first kappa shape index (κ1) is 15.5. The number of carbonyl (C=O) groups is 1. The summed E-state index contributed by atoms with van der Waals surface area (Å²) in [5.74, 6) is -0.946. The third-order valence-corrected chi connectivity index (χ3v) is 3.58. The van der Waals surface area contributed by atoms with E-state index in [0.29, 0.717) is 6.61 Å². The second-order valence-electron chi connectivity index (χ2n) is 3.56. The summed E-state index contributed by atoms with van der Waals surface area (Å²) in [6.07, 6.45) is -0.0551. The second kappa shape index (κ2) is 7.17. The average Bonchev–Trinajstić information content (AvgIpc) is 2.36. The number of sulfonamides is 1. The van der Waals surface area contributed by atoms with Crippen molar-refractivity contribution in [3.05, 3.63) is 30.1 Å². The zero-order chi connectivity index (χ0) is 14.3. The molecule has 0 fully saturated rings. The van der Waals surface area contributed by atoms with E-state index in [4.69, 9.17) is 0 Å². The van der Waals surface area contributed by atoms with E-state index in [9.17, 15) is 17.6 Å². The van der Waals surface area contributed by atoms with Gasteiger partial charge in [0.15, 0.2) is 0 Å². The van der Waals surface area contributed by atoms with Gasteiger partial charge in [-0.2, -0.15) is 0 Å². The van der Waals surface area contributed by atoms with Crippen LogP contribution in [0.25, 0.3) is 0 Å². The molecule has 0 radical (unpaired) electrons. The van der Waals surface area contributed by atoms with Crippen molar-refractivity contribution in [3.8, 4) is 0 Å². The molecule has 1 aromatic rings. The quantitative estimate of drug-likeness (QED) is 0.719. The number of amides is 1. The van der Waals surface area contributed by atoms with Crippen LogP contribution in [-0.4, -0.2) is 27.5 Å². The number of rotatable bonds is 7. The minimum Gasteiger partial charge on any atom is -0.274 e. The van der Waals surface area contributed by atoms with E-state index in [1.165, 1.54) is 0 Å². The maximum absolute atomic E-state index is 12.7. The molecule has 0 saturated carbocycles. The Hall–Kier alpha value is -1.51. The number of halogens is 1. The molecule has 0 aliphatic rings. The van der Waals surface area contributed by atoms with Gasteiger partial charge in [-0.25, -0.2) is 23.0 Å². The summed E-state index contributed by atoms with van der Waals surface area (Å²) >= 11 is 0. The van der Waals surface area contributed by atoms with Crippen molar-refractivity contribution in [2.45, 2.75) is 18.2 Å². The van der Waals surface area contributed by atoms with Crippen LogP contribution >= 0.6 is 0 Å². The van der Waals surface area contributed by atoms with E-state index in [-0.39, 0.29) is 17.9 Å². The Kier molecular flexibility index (Phi) is 5.87. The van der Waals surface area contributed by atoms with Crippen molar-refractivity contribution >= 4 is 15.9 Å². The SMILES string of the molecule is CCONC(=O)CCNS(=O)(=O)c1ccc(F)cc1. The molecule has 0 atom stereocenters. The zero-order valence-electron chi connectivity index (χ0n) is 10.3. The molecule has 0 aliphatic carbocycles. The maximum Gasteiger partial charge on any atom is 0.244 e. The molecule has 0 saturated heterocycles. The van der Waals surface area contributed by atoms with Gasteiger partial charge < -0.3 is 0 Å². The van der Waals surface area contributed by atoms with Crippen molar-refractivity contribution in [2.24, 2.45) is 0 Å². The van der Waals surface area contributed by atoms with E-state index >= 15 is 0 Å². The van der Waals surface area contributed by atoms with Gasteiger partial charge in [0.2, 0.25) is 15.9 Å². The van der Waals surface area contributed by atoms with E-state index in [0.717, 1.165) is 24.3 Å². The molecule has 1 rings (SSSR count). The van der Waals surface area contributed by atoms with Crippen LogP contribution in [0.15, 0.2) is 29.2 Å². The van der Waals surface area contributed by atoms with Crippen LogP contribution in [-0.2, 0) is 19.7 Å². The summed E-state index contributed by atoms with van der Waals surface area (Å²) < 4.78 is 38.4. The Morgan fingerprint density at radius 2 is 1.95 bits per heavy atom. The molecule has 106 valence electrons. The lowest BCUT2D eigenvalue weighted by Gasteiger charge is -2.07. The highest BCUT2D eigenvalue weighted by Gasteiger charge is 2.13. The maximum atomic E-state index is 12.7. The van der Waals surface area contributed by atoms with Crippen LogP contribution in [0.4, 0.5) is 4.39 Å². The van der Waals surface area contributed by atoms with Gasteiger partial charge in [0.1, 0.15) is 5.82 Å². The highest BCUT2D eigenvalue weighted by Crippen LogP contribution is 2.09. The molecule has 19 heavy (non-hydrogen) atoms. The van der Waals surface area contributed by atoms with E-state index < -0.39 is 21.7 Å². The van der Waals surface area contributed by atoms with Crippen molar-refractivity contribution in [3.63, 3.8) is 0 Å². The van der Waals surface area contributed by atoms with Crippen LogP contribution in [0.2, 0.25) is 0 Å². The van der Waals surface area contributed by atoms with E-state index in [1.807, 2.05) is 0 Å². The fourth-order valence-corrected chi connectivity index (χ4v) is 2.23. The van der Waals surface area contributed by atoms with Crippen LogP contribution in [0.5, 0.6) is 0 Å². The third kappa shape index (κ3) is 5.33. The largest absolute Gasteiger partial charge is 0.274 e. The highest BCUT2D eigenvalue weighted by molar-refractivity contribution is 7.89. The first-order valence-corrected chi connectivity index (χ1v) is 7.10. The molecule has 0 aliphatic heterocycles. The van der Waals surface area contributed by atoms with Gasteiger partial charge in [-0.05, 0) is 31.2 Å². The molecule has 2 N–H and O–H groups in total. The first-order valence-electron chi connectivity index (χ1n) is 5.61. The van der Waals surface area contributed by atoms with Crippen LogP contribution in [0.1, 0.15) is 13.3 Å². The fourth-order valence-electron chi connectivity index (χ4n) is 1.20. The van der Waals surface area contributed by atoms with Crippen LogP contribution in [0, 0.1) is 5.82 Å². The van der Waals surface area contributed by atoms with Crippen molar-refractivity contribution in [1.82, 2.24) is 10.2 Å². The van der Waals surface area contributed by atoms with E-state index in [2.05, 4.69) is 15.0 Å². The number of nitrogens with one attached hydrogen (secondary N) is 2. The number of hydrogen-bond donors (Lipinski definition) is 2. The number of hydroxylamine groups is 1. The van der Waals surface area contributed by atoms with Gasteiger partial charge >= 0.3 is 0 Å².